The fraction of sp³-hybridized carbons (Fsp3) is 1.00. The molecule has 3 nitrogen and oxygen atoms in total. The maximum atomic E-state index is 6.25. The third kappa shape index (κ3) is 4.44. The molecule has 0 radical (unpaired) electrons. The number of nitrogens with one attached hydrogen (secondary N) is 1. The summed E-state index contributed by atoms with van der Waals surface area (Å²) in [4.78, 5) is 2.31. The van der Waals surface area contributed by atoms with Crippen LogP contribution in [0.4, 0.5) is 0 Å². The van der Waals surface area contributed by atoms with Crippen LogP contribution in [0.3, 0.4) is 0 Å². The van der Waals surface area contributed by atoms with Gasteiger partial charge in [0.2, 0.25) is 0 Å². The van der Waals surface area contributed by atoms with Gasteiger partial charge < -0.3 is 15.0 Å². The van der Waals surface area contributed by atoms with Crippen molar-refractivity contribution in [2.24, 2.45) is 5.92 Å². The SMILES string of the molecule is CCNC(CCN(C)C)C1CCOC2(CCCCC2)C1. The van der Waals surface area contributed by atoms with Gasteiger partial charge in [-0.25, -0.2) is 0 Å². The molecular weight excluding hydrogens is 248 g/mol. The third-order valence-electron chi connectivity index (χ3n) is 5.22. The lowest BCUT2D eigenvalue weighted by Crippen LogP contribution is -2.48. The van der Waals surface area contributed by atoms with Crippen molar-refractivity contribution >= 4 is 0 Å². The van der Waals surface area contributed by atoms with E-state index in [-0.39, 0.29) is 5.60 Å². The topological polar surface area (TPSA) is 24.5 Å². The Morgan fingerprint density at radius 1 is 1.25 bits per heavy atom. The summed E-state index contributed by atoms with van der Waals surface area (Å²) in [6.07, 6.45) is 10.6. The van der Waals surface area contributed by atoms with Gasteiger partial charge in [0.05, 0.1) is 5.60 Å². The van der Waals surface area contributed by atoms with Gasteiger partial charge in [-0.05, 0) is 65.2 Å². The summed E-state index contributed by atoms with van der Waals surface area (Å²) in [6.45, 7) is 5.48. The van der Waals surface area contributed by atoms with Crippen molar-refractivity contribution in [3.8, 4) is 0 Å². The quantitative estimate of drug-likeness (QED) is 0.810. The van der Waals surface area contributed by atoms with E-state index in [4.69, 9.17) is 4.74 Å². The van der Waals surface area contributed by atoms with Crippen LogP contribution in [0.5, 0.6) is 0 Å². The molecule has 1 saturated carbocycles. The molecule has 2 rings (SSSR count). The Labute approximate surface area is 125 Å². The third-order valence-corrected chi connectivity index (χ3v) is 5.22. The lowest BCUT2D eigenvalue weighted by atomic mass is 9.73. The smallest absolute Gasteiger partial charge is 0.0685 e. The van der Waals surface area contributed by atoms with Crippen molar-refractivity contribution < 1.29 is 4.74 Å². The molecule has 118 valence electrons. The van der Waals surface area contributed by atoms with Gasteiger partial charge in [-0.3, -0.25) is 0 Å². The van der Waals surface area contributed by atoms with Crippen LogP contribution in [0, 0.1) is 5.92 Å². The molecule has 0 amide bonds. The van der Waals surface area contributed by atoms with E-state index in [9.17, 15) is 0 Å². The number of ether oxygens (including phenoxy) is 1. The van der Waals surface area contributed by atoms with Crippen molar-refractivity contribution in [3.63, 3.8) is 0 Å². The van der Waals surface area contributed by atoms with Gasteiger partial charge in [-0.15, -0.1) is 0 Å². The van der Waals surface area contributed by atoms with E-state index < -0.39 is 0 Å². The van der Waals surface area contributed by atoms with Crippen molar-refractivity contribution in [1.29, 1.82) is 0 Å². The Morgan fingerprint density at radius 2 is 2.00 bits per heavy atom. The highest BCUT2D eigenvalue weighted by Gasteiger charge is 2.40. The highest BCUT2D eigenvalue weighted by atomic mass is 16.5. The minimum atomic E-state index is 0.243. The molecule has 1 aliphatic carbocycles. The number of rotatable bonds is 6. The highest BCUT2D eigenvalue weighted by molar-refractivity contribution is 4.93. The van der Waals surface area contributed by atoms with Crippen LogP contribution >= 0.6 is 0 Å². The molecule has 0 aromatic rings. The minimum absolute atomic E-state index is 0.243. The van der Waals surface area contributed by atoms with E-state index in [0.29, 0.717) is 6.04 Å². The maximum absolute atomic E-state index is 6.25. The molecule has 2 aliphatic rings. The summed E-state index contributed by atoms with van der Waals surface area (Å²) >= 11 is 0. The predicted molar refractivity (Wildman–Crippen MR) is 85.1 cm³/mol. The summed E-state index contributed by atoms with van der Waals surface area (Å²) in [5, 5.41) is 3.75. The largest absolute Gasteiger partial charge is 0.375 e. The molecule has 2 unspecified atom stereocenters. The lowest BCUT2D eigenvalue weighted by molar-refractivity contribution is -0.122. The van der Waals surface area contributed by atoms with Gasteiger partial charge in [-0.1, -0.05) is 26.2 Å². The molecule has 1 aliphatic heterocycles. The number of nitrogens with zero attached hydrogens (tertiary/aromatic N) is 1. The van der Waals surface area contributed by atoms with Crippen LogP contribution < -0.4 is 5.32 Å². The van der Waals surface area contributed by atoms with Gasteiger partial charge in [0, 0.05) is 12.6 Å². The first-order valence-electron chi connectivity index (χ1n) is 8.67. The van der Waals surface area contributed by atoms with Gasteiger partial charge >= 0.3 is 0 Å². The molecule has 1 saturated heterocycles. The fourth-order valence-electron chi connectivity index (χ4n) is 4.12. The van der Waals surface area contributed by atoms with E-state index in [1.807, 2.05) is 0 Å². The summed E-state index contributed by atoms with van der Waals surface area (Å²) < 4.78 is 6.25. The van der Waals surface area contributed by atoms with Crippen molar-refractivity contribution in [2.75, 3.05) is 33.8 Å². The van der Waals surface area contributed by atoms with Gasteiger partial charge in [-0.2, -0.15) is 0 Å². The number of hydrogen-bond donors (Lipinski definition) is 1. The molecule has 2 atom stereocenters. The summed E-state index contributed by atoms with van der Waals surface area (Å²) in [5.74, 6) is 0.807. The van der Waals surface area contributed by atoms with Crippen LogP contribution in [-0.2, 0) is 4.74 Å². The summed E-state index contributed by atoms with van der Waals surface area (Å²) in [6, 6.07) is 0.671. The Hall–Kier alpha value is -0.120. The molecule has 1 heterocycles. The van der Waals surface area contributed by atoms with Gasteiger partial charge in [0.1, 0.15) is 0 Å². The second-order valence-corrected chi connectivity index (χ2v) is 7.10. The zero-order valence-electron chi connectivity index (χ0n) is 13.8. The standard InChI is InChI=1S/C17H34N2O/c1-4-18-16(8-12-19(2)3)15-9-13-20-17(14-15)10-6-5-7-11-17/h15-16,18H,4-14H2,1-3H3. The molecule has 2 fully saturated rings. The van der Waals surface area contributed by atoms with Gasteiger partial charge in [0.15, 0.2) is 0 Å². The molecule has 0 aromatic carbocycles. The second-order valence-electron chi connectivity index (χ2n) is 7.10. The molecular formula is C17H34N2O. The van der Waals surface area contributed by atoms with Crippen LogP contribution in [0.25, 0.3) is 0 Å². The Balaban J connectivity index is 1.93. The molecule has 0 bridgehead atoms. The first-order valence-corrected chi connectivity index (χ1v) is 8.67. The van der Waals surface area contributed by atoms with Crippen molar-refractivity contribution in [3.05, 3.63) is 0 Å². The highest BCUT2D eigenvalue weighted by Crippen LogP contribution is 2.41. The van der Waals surface area contributed by atoms with E-state index in [1.54, 1.807) is 0 Å². The monoisotopic (exact) mass is 282 g/mol. The van der Waals surface area contributed by atoms with E-state index >= 15 is 0 Å². The first kappa shape index (κ1) is 16.3. The first-order chi connectivity index (χ1) is 9.65. The molecule has 1 N–H and O–H groups in total. The van der Waals surface area contributed by atoms with E-state index in [1.165, 1.54) is 57.9 Å². The maximum Gasteiger partial charge on any atom is 0.0685 e. The predicted octanol–water partition coefficient (Wildman–Crippen LogP) is 3.05. The Bertz CT molecular complexity index is 269. The van der Waals surface area contributed by atoms with E-state index in [2.05, 4.69) is 31.2 Å². The Morgan fingerprint density at radius 3 is 2.65 bits per heavy atom. The lowest BCUT2D eigenvalue weighted by Gasteiger charge is -2.45. The molecule has 1 spiro atoms. The van der Waals surface area contributed by atoms with Crippen molar-refractivity contribution in [1.82, 2.24) is 10.2 Å². The summed E-state index contributed by atoms with van der Waals surface area (Å²) in [5.41, 5.74) is 0.243. The normalized spacial score (nSPS) is 27.9. The van der Waals surface area contributed by atoms with Crippen LogP contribution in [0.1, 0.15) is 58.3 Å². The van der Waals surface area contributed by atoms with E-state index in [0.717, 1.165) is 19.1 Å². The number of hydrogen-bond acceptors (Lipinski definition) is 3. The van der Waals surface area contributed by atoms with Crippen molar-refractivity contribution in [2.45, 2.75) is 69.9 Å². The Kier molecular flexibility index (Phi) is 6.31. The molecule has 20 heavy (non-hydrogen) atoms. The molecule has 0 aromatic heterocycles. The zero-order valence-corrected chi connectivity index (χ0v) is 13.8. The fourth-order valence-corrected chi connectivity index (χ4v) is 4.12. The average Bonchev–Trinajstić information content (AvgIpc) is 2.44. The van der Waals surface area contributed by atoms with Gasteiger partial charge in [0.25, 0.3) is 0 Å². The minimum Gasteiger partial charge on any atom is -0.375 e. The van der Waals surface area contributed by atoms with Crippen LogP contribution in [-0.4, -0.2) is 50.3 Å². The van der Waals surface area contributed by atoms with Crippen LogP contribution in [0.15, 0.2) is 0 Å². The van der Waals surface area contributed by atoms with Crippen LogP contribution in [0.2, 0.25) is 0 Å². The average molecular weight is 282 g/mol. The molecule has 3 heteroatoms. The zero-order chi connectivity index (χ0) is 14.4. The second kappa shape index (κ2) is 7.77. The summed E-state index contributed by atoms with van der Waals surface area (Å²) in [7, 11) is 4.35.